The fourth-order valence-corrected chi connectivity index (χ4v) is 7.65. The number of hydrogen-bond donors (Lipinski definition) is 4. The Labute approximate surface area is 337 Å². The number of alkyl carbamates (subject to hydrolysis) is 1. The van der Waals surface area contributed by atoms with E-state index >= 15 is 0 Å². The van der Waals surface area contributed by atoms with Gasteiger partial charge >= 0.3 is 6.09 Å². The van der Waals surface area contributed by atoms with E-state index in [0.717, 1.165) is 44.2 Å². The summed E-state index contributed by atoms with van der Waals surface area (Å²) < 4.78 is 16.4. The molecule has 5 aromatic rings. The van der Waals surface area contributed by atoms with Crippen molar-refractivity contribution in [1.29, 1.82) is 0 Å². The number of nitrogens with one attached hydrogen (secondary N) is 4. The molecular weight excluding hydrogens is 741 g/mol. The van der Waals surface area contributed by atoms with E-state index in [9.17, 15) is 19.2 Å². The molecule has 0 bridgehead atoms. The van der Waals surface area contributed by atoms with Crippen molar-refractivity contribution in [2.45, 2.75) is 65.2 Å². The fourth-order valence-electron chi connectivity index (χ4n) is 7.65. The normalized spacial score (nSPS) is 18.4. The number of rotatable bonds is 11. The molecule has 2 saturated heterocycles. The first kappa shape index (κ1) is 40.4. The number of H-pyrrole nitrogens is 2. The number of nitrogens with zero attached hydrogens (tertiary/aromatic N) is 4. The predicted molar refractivity (Wildman–Crippen MR) is 218 cm³/mol. The van der Waals surface area contributed by atoms with Gasteiger partial charge in [0.2, 0.25) is 17.7 Å². The Morgan fingerprint density at radius 1 is 0.776 bits per heavy atom. The molecule has 15 heteroatoms. The monoisotopic (exact) mass is 792 g/mol. The van der Waals surface area contributed by atoms with Crippen LogP contribution in [-0.2, 0) is 28.6 Å². The van der Waals surface area contributed by atoms with Gasteiger partial charge in [0.15, 0.2) is 0 Å². The van der Waals surface area contributed by atoms with Crippen molar-refractivity contribution in [3.8, 4) is 22.4 Å². The van der Waals surface area contributed by atoms with E-state index in [0.29, 0.717) is 51.0 Å². The number of ether oxygens (including phenoxy) is 3. The molecule has 4 heterocycles. The van der Waals surface area contributed by atoms with Gasteiger partial charge in [0.05, 0.1) is 56.5 Å². The molecule has 2 aliphatic heterocycles. The number of morpholine rings is 2. The maximum atomic E-state index is 13.8. The van der Waals surface area contributed by atoms with E-state index < -0.39 is 30.3 Å². The second-order valence-corrected chi connectivity index (χ2v) is 15.6. The van der Waals surface area contributed by atoms with E-state index in [1.165, 1.54) is 7.11 Å². The number of fused-ring (bicyclic) bond motifs is 2. The number of hydrogen-bond acceptors (Lipinski definition) is 9. The molecule has 4 atom stereocenters. The fraction of sp³-hybridized carbons (Fsp3) is 0.442. The summed E-state index contributed by atoms with van der Waals surface area (Å²) in [6.45, 7) is 11.6. The largest absolute Gasteiger partial charge is 0.453 e. The van der Waals surface area contributed by atoms with Crippen molar-refractivity contribution < 1.29 is 33.4 Å². The standard InChI is InChI=1S/C43H52N8O7/c1-7-36(52)48-37(24(2)3)41(53)51-15-17-58-23-35(51)40-45-31-13-12-29(20-32(31)46-40)27-8-9-28-19-30(11-10-26(28)18-27)33-21-44-39(47-33)34-22-57-16-14-50(34)42(54)38(25(4)5)49-43(55)56-6/h8-13,18-21,24-25,34-35,37-38H,7,14-17,22-23H2,1-6H3,(H,44,47)(H,45,46)(H,48,52)(H,49,55)/t34-,35-,37-,38-/m0/s1. The van der Waals surface area contributed by atoms with Crippen LogP contribution in [0.3, 0.4) is 0 Å². The van der Waals surface area contributed by atoms with Crippen LogP contribution in [0.25, 0.3) is 44.2 Å². The second-order valence-electron chi connectivity index (χ2n) is 15.6. The number of aromatic nitrogens is 4. The molecule has 4 N–H and O–H groups in total. The molecule has 0 spiro atoms. The van der Waals surface area contributed by atoms with Gasteiger partial charge in [-0.15, -0.1) is 0 Å². The molecular formula is C43H52N8O7. The summed E-state index contributed by atoms with van der Waals surface area (Å²) in [5.41, 5.74) is 5.43. The Morgan fingerprint density at radius 3 is 1.97 bits per heavy atom. The first-order chi connectivity index (χ1) is 27.9. The average molecular weight is 793 g/mol. The van der Waals surface area contributed by atoms with Gasteiger partial charge in [0.1, 0.15) is 35.8 Å². The summed E-state index contributed by atoms with van der Waals surface area (Å²) in [6.07, 6.45) is 1.42. The third kappa shape index (κ3) is 8.41. The van der Waals surface area contributed by atoms with Crippen LogP contribution in [0.2, 0.25) is 0 Å². The summed E-state index contributed by atoms with van der Waals surface area (Å²) in [7, 11) is 1.28. The quantitative estimate of drug-likeness (QED) is 0.134. The van der Waals surface area contributed by atoms with Crippen LogP contribution in [0.1, 0.15) is 64.8 Å². The summed E-state index contributed by atoms with van der Waals surface area (Å²) in [5, 5.41) is 7.69. The summed E-state index contributed by atoms with van der Waals surface area (Å²) in [6, 6.07) is 16.4. The van der Waals surface area contributed by atoms with Crippen molar-refractivity contribution in [3.05, 3.63) is 72.4 Å². The first-order valence-corrected chi connectivity index (χ1v) is 19.9. The highest BCUT2D eigenvalue weighted by molar-refractivity contribution is 5.92. The SMILES string of the molecule is CCC(=O)N[C@H](C(=O)N1CCOC[C@H]1c1nc2ccc(-c3ccc4cc(-c5cnc([C@@H]6COCCN6C(=O)[C@@H](NC(=O)OC)C(C)C)[nH]5)ccc4c3)cc2[nH]1)C(C)C. The maximum Gasteiger partial charge on any atom is 0.407 e. The molecule has 0 radical (unpaired) electrons. The topological polar surface area (TPSA) is 184 Å². The molecule has 0 saturated carbocycles. The van der Waals surface area contributed by atoms with Gasteiger partial charge in [-0.2, -0.15) is 0 Å². The molecule has 0 aliphatic carbocycles. The smallest absolute Gasteiger partial charge is 0.407 e. The van der Waals surface area contributed by atoms with Crippen LogP contribution >= 0.6 is 0 Å². The molecule has 2 aliphatic rings. The summed E-state index contributed by atoms with van der Waals surface area (Å²) in [5.74, 6) is 0.506. The van der Waals surface area contributed by atoms with E-state index in [4.69, 9.17) is 19.2 Å². The van der Waals surface area contributed by atoms with Crippen molar-refractivity contribution in [3.63, 3.8) is 0 Å². The number of aromatic amines is 2. The zero-order valence-electron chi connectivity index (χ0n) is 33.8. The predicted octanol–water partition coefficient (Wildman–Crippen LogP) is 5.50. The number of benzene rings is 3. The lowest BCUT2D eigenvalue weighted by Gasteiger charge is -2.37. The van der Waals surface area contributed by atoms with Crippen LogP contribution in [0.15, 0.2) is 60.8 Å². The minimum atomic E-state index is -0.753. The molecule has 4 amide bonds. The highest BCUT2D eigenvalue weighted by Crippen LogP contribution is 2.32. The summed E-state index contributed by atoms with van der Waals surface area (Å²) >= 11 is 0. The van der Waals surface area contributed by atoms with Crippen LogP contribution < -0.4 is 10.6 Å². The van der Waals surface area contributed by atoms with Crippen molar-refractivity contribution >= 4 is 45.6 Å². The van der Waals surface area contributed by atoms with Crippen molar-refractivity contribution in [1.82, 2.24) is 40.4 Å². The zero-order chi connectivity index (χ0) is 41.1. The van der Waals surface area contributed by atoms with Gasteiger partial charge in [-0.05, 0) is 58.0 Å². The number of carbonyl (C=O) groups excluding carboxylic acids is 4. The van der Waals surface area contributed by atoms with Gasteiger partial charge in [-0.25, -0.2) is 14.8 Å². The molecule has 2 fully saturated rings. The van der Waals surface area contributed by atoms with Crippen LogP contribution in [-0.4, -0.2) is 112 Å². The lowest BCUT2D eigenvalue weighted by molar-refractivity contribution is -0.146. The second kappa shape index (κ2) is 17.4. The zero-order valence-corrected chi connectivity index (χ0v) is 33.8. The number of carbonyl (C=O) groups is 4. The van der Waals surface area contributed by atoms with Gasteiger partial charge in [-0.1, -0.05) is 65.0 Å². The first-order valence-electron chi connectivity index (χ1n) is 19.9. The molecule has 2 aromatic heterocycles. The Balaban J connectivity index is 1.09. The minimum Gasteiger partial charge on any atom is -0.453 e. The van der Waals surface area contributed by atoms with Gasteiger partial charge in [-0.3, -0.25) is 14.4 Å². The third-order valence-corrected chi connectivity index (χ3v) is 11.0. The van der Waals surface area contributed by atoms with E-state index in [2.05, 4.69) is 62.0 Å². The number of imidazole rings is 2. The minimum absolute atomic E-state index is 0.0775. The van der Waals surface area contributed by atoms with E-state index in [1.54, 1.807) is 22.9 Å². The number of amides is 4. The summed E-state index contributed by atoms with van der Waals surface area (Å²) in [4.78, 5) is 71.7. The molecule has 15 nitrogen and oxygen atoms in total. The lowest BCUT2D eigenvalue weighted by atomic mass is 9.99. The molecule has 3 aromatic carbocycles. The number of methoxy groups -OCH3 is 1. The molecule has 0 unspecified atom stereocenters. The highest BCUT2D eigenvalue weighted by atomic mass is 16.5. The van der Waals surface area contributed by atoms with Crippen LogP contribution in [0.4, 0.5) is 4.79 Å². The van der Waals surface area contributed by atoms with Gasteiger partial charge in [0, 0.05) is 25.1 Å². The lowest BCUT2D eigenvalue weighted by Crippen LogP contribution is -2.54. The average Bonchev–Trinajstić information content (AvgIpc) is 3.91. The molecule has 58 heavy (non-hydrogen) atoms. The Morgan fingerprint density at radius 2 is 1.34 bits per heavy atom. The molecule has 7 rings (SSSR count). The van der Waals surface area contributed by atoms with Crippen LogP contribution in [0.5, 0.6) is 0 Å². The van der Waals surface area contributed by atoms with E-state index in [-0.39, 0.29) is 36.2 Å². The third-order valence-electron chi connectivity index (χ3n) is 11.0. The Kier molecular flexibility index (Phi) is 12.1. The van der Waals surface area contributed by atoms with Gasteiger partial charge in [0.25, 0.3) is 0 Å². The molecule has 306 valence electrons. The Bertz CT molecular complexity index is 2300. The Hall–Kier alpha value is -5.80. The maximum absolute atomic E-state index is 13.8. The van der Waals surface area contributed by atoms with Crippen molar-refractivity contribution in [2.75, 3.05) is 46.6 Å². The van der Waals surface area contributed by atoms with Gasteiger partial charge < -0.3 is 44.6 Å². The highest BCUT2D eigenvalue weighted by Gasteiger charge is 2.38. The van der Waals surface area contributed by atoms with Crippen molar-refractivity contribution in [2.24, 2.45) is 11.8 Å². The van der Waals surface area contributed by atoms with E-state index in [1.807, 2.05) is 45.9 Å². The van der Waals surface area contributed by atoms with Crippen LogP contribution in [0, 0.1) is 11.8 Å².